The number of thiazole rings is 1. The summed E-state index contributed by atoms with van der Waals surface area (Å²) in [7, 11) is 6.92. The van der Waals surface area contributed by atoms with Crippen molar-refractivity contribution in [3.63, 3.8) is 0 Å². The van der Waals surface area contributed by atoms with Gasteiger partial charge in [-0.3, -0.25) is 24.2 Å². The largest absolute Gasteiger partial charge is 0.493 e. The number of carbonyl (C=O) groups excluding carboxylic acids is 3. The van der Waals surface area contributed by atoms with Crippen molar-refractivity contribution >= 4 is 44.4 Å². The lowest BCUT2D eigenvalue weighted by Crippen LogP contribution is -2.44. The van der Waals surface area contributed by atoms with Crippen molar-refractivity contribution in [2.24, 2.45) is 0 Å². The highest BCUT2D eigenvalue weighted by molar-refractivity contribution is 7.22. The van der Waals surface area contributed by atoms with E-state index in [1.165, 1.54) is 16.2 Å². The van der Waals surface area contributed by atoms with Gasteiger partial charge in [-0.05, 0) is 14.1 Å². The average Bonchev–Trinajstić information content (AvgIpc) is 3.24. The number of hydrogen-bond acceptors (Lipinski definition) is 8. The molecular formula is C19H24N4O5S. The first-order valence-electron chi connectivity index (χ1n) is 9.15. The number of aromatic nitrogens is 1. The van der Waals surface area contributed by atoms with E-state index in [1.54, 1.807) is 20.3 Å². The maximum absolute atomic E-state index is 13.0. The zero-order chi connectivity index (χ0) is 21.1. The molecule has 1 saturated heterocycles. The van der Waals surface area contributed by atoms with Gasteiger partial charge in [-0.2, -0.15) is 0 Å². The third-order valence-electron chi connectivity index (χ3n) is 4.63. The van der Waals surface area contributed by atoms with Crippen molar-refractivity contribution in [3.05, 3.63) is 12.1 Å². The zero-order valence-electron chi connectivity index (χ0n) is 16.9. The summed E-state index contributed by atoms with van der Waals surface area (Å²) < 4.78 is 11.5. The van der Waals surface area contributed by atoms with E-state index >= 15 is 0 Å². The second-order valence-electron chi connectivity index (χ2n) is 6.89. The third kappa shape index (κ3) is 4.48. The van der Waals surface area contributed by atoms with Gasteiger partial charge in [-0.25, -0.2) is 4.98 Å². The summed E-state index contributed by atoms with van der Waals surface area (Å²) in [6.07, 6.45) is 0.315. The Morgan fingerprint density at radius 2 is 1.72 bits per heavy atom. The lowest BCUT2D eigenvalue weighted by atomic mass is 10.3. The van der Waals surface area contributed by atoms with E-state index in [-0.39, 0.29) is 37.1 Å². The monoisotopic (exact) mass is 420 g/mol. The van der Waals surface area contributed by atoms with Crippen LogP contribution >= 0.6 is 11.3 Å². The highest BCUT2D eigenvalue weighted by Gasteiger charge is 2.32. The topological polar surface area (TPSA) is 92.3 Å². The first-order valence-corrected chi connectivity index (χ1v) is 9.96. The van der Waals surface area contributed by atoms with Gasteiger partial charge in [0.15, 0.2) is 16.6 Å². The number of likely N-dealkylation sites (tertiary alicyclic amines) is 1. The first kappa shape index (κ1) is 21.0. The fraction of sp³-hybridized carbons (Fsp3) is 0.474. The number of rotatable bonds is 8. The molecule has 0 N–H and O–H groups in total. The number of hydrogen-bond donors (Lipinski definition) is 0. The fourth-order valence-corrected chi connectivity index (χ4v) is 4.02. The number of ether oxygens (including phenoxy) is 2. The molecule has 156 valence electrons. The Bertz CT molecular complexity index is 885. The second-order valence-corrected chi connectivity index (χ2v) is 7.90. The molecule has 9 nitrogen and oxygen atoms in total. The van der Waals surface area contributed by atoms with Crippen LogP contribution in [-0.2, 0) is 14.4 Å². The van der Waals surface area contributed by atoms with Crippen molar-refractivity contribution in [2.75, 3.05) is 52.8 Å². The number of amides is 3. The van der Waals surface area contributed by atoms with Crippen LogP contribution in [0, 0.1) is 0 Å². The van der Waals surface area contributed by atoms with E-state index in [0.29, 0.717) is 35.2 Å². The average molecular weight is 420 g/mol. The van der Waals surface area contributed by atoms with Gasteiger partial charge in [0.1, 0.15) is 6.54 Å². The van der Waals surface area contributed by atoms with E-state index in [4.69, 9.17) is 9.47 Å². The minimum Gasteiger partial charge on any atom is -0.493 e. The van der Waals surface area contributed by atoms with Gasteiger partial charge in [0.25, 0.3) is 0 Å². The van der Waals surface area contributed by atoms with Gasteiger partial charge in [0.2, 0.25) is 17.7 Å². The molecule has 3 amide bonds. The molecule has 29 heavy (non-hydrogen) atoms. The van der Waals surface area contributed by atoms with Gasteiger partial charge in [0, 0.05) is 38.1 Å². The smallest absolute Gasteiger partial charge is 0.248 e. The van der Waals surface area contributed by atoms with Gasteiger partial charge >= 0.3 is 0 Å². The molecule has 1 aliphatic heterocycles. The molecular weight excluding hydrogens is 396 g/mol. The summed E-state index contributed by atoms with van der Waals surface area (Å²) in [5.41, 5.74) is 0.679. The minimum absolute atomic E-state index is 0.157. The molecule has 0 spiro atoms. The standard InChI is InChI=1S/C19H24N4O5S/c1-21(2)7-8-22(18(26)11-23-16(24)5-6-17(23)25)19-20-12-9-13(27-3)14(28-4)10-15(12)29-19/h9-10H,5-8,11H2,1-4H3. The number of likely N-dealkylation sites (N-methyl/N-ethyl adjacent to an activating group) is 1. The molecule has 10 heteroatoms. The summed E-state index contributed by atoms with van der Waals surface area (Å²) in [4.78, 5) is 45.9. The summed E-state index contributed by atoms with van der Waals surface area (Å²) >= 11 is 1.35. The van der Waals surface area contributed by atoms with E-state index in [1.807, 2.05) is 25.1 Å². The van der Waals surface area contributed by atoms with Gasteiger partial charge in [-0.15, -0.1) is 0 Å². The number of nitrogens with zero attached hydrogens (tertiary/aromatic N) is 4. The van der Waals surface area contributed by atoms with E-state index < -0.39 is 0 Å². The molecule has 3 rings (SSSR count). The van der Waals surface area contributed by atoms with Crippen LogP contribution in [0.1, 0.15) is 12.8 Å². The minimum atomic E-state index is -0.339. The Balaban J connectivity index is 1.92. The van der Waals surface area contributed by atoms with E-state index in [2.05, 4.69) is 4.98 Å². The van der Waals surface area contributed by atoms with Crippen molar-refractivity contribution < 1.29 is 23.9 Å². The van der Waals surface area contributed by atoms with Crippen LogP contribution in [0.5, 0.6) is 11.5 Å². The summed E-state index contributed by atoms with van der Waals surface area (Å²) in [6, 6.07) is 3.58. The van der Waals surface area contributed by atoms with Crippen LogP contribution in [-0.4, -0.2) is 80.5 Å². The number of anilines is 1. The van der Waals surface area contributed by atoms with Crippen LogP contribution in [0.4, 0.5) is 5.13 Å². The number of methoxy groups -OCH3 is 2. The molecule has 0 unspecified atom stereocenters. The van der Waals surface area contributed by atoms with Gasteiger partial charge in [0.05, 0.1) is 24.4 Å². The number of benzene rings is 1. The number of fused-ring (bicyclic) bond motifs is 1. The molecule has 0 aliphatic carbocycles. The van der Waals surface area contributed by atoms with Crippen LogP contribution in [0.3, 0.4) is 0 Å². The number of imide groups is 1. The molecule has 0 saturated carbocycles. The fourth-order valence-electron chi connectivity index (χ4n) is 3.01. The Morgan fingerprint density at radius 1 is 1.10 bits per heavy atom. The third-order valence-corrected chi connectivity index (χ3v) is 5.67. The molecule has 0 radical (unpaired) electrons. The summed E-state index contributed by atoms with van der Waals surface area (Å²) in [6.45, 7) is 0.722. The molecule has 1 aromatic carbocycles. The van der Waals surface area contributed by atoms with Crippen molar-refractivity contribution in [1.29, 1.82) is 0 Å². The highest BCUT2D eigenvalue weighted by atomic mass is 32.1. The molecule has 0 bridgehead atoms. The van der Waals surface area contributed by atoms with Crippen molar-refractivity contribution in [3.8, 4) is 11.5 Å². The molecule has 0 atom stereocenters. The second kappa shape index (κ2) is 8.75. The molecule has 1 fully saturated rings. The van der Waals surface area contributed by atoms with Crippen molar-refractivity contribution in [1.82, 2.24) is 14.8 Å². The highest BCUT2D eigenvalue weighted by Crippen LogP contribution is 2.37. The Kier molecular flexibility index (Phi) is 6.33. The first-order chi connectivity index (χ1) is 13.8. The Morgan fingerprint density at radius 3 is 2.31 bits per heavy atom. The van der Waals surface area contributed by atoms with Gasteiger partial charge in [-0.1, -0.05) is 11.3 Å². The molecule has 1 aromatic heterocycles. The Labute approximate surface area is 172 Å². The normalized spacial score (nSPS) is 14.2. The van der Waals surface area contributed by atoms with Crippen LogP contribution in [0.15, 0.2) is 12.1 Å². The maximum atomic E-state index is 13.0. The molecule has 2 heterocycles. The van der Waals surface area contributed by atoms with E-state index in [0.717, 1.165) is 9.60 Å². The molecule has 1 aliphatic rings. The van der Waals surface area contributed by atoms with Crippen LogP contribution in [0.2, 0.25) is 0 Å². The predicted octanol–water partition coefficient (Wildman–Crippen LogP) is 1.36. The quantitative estimate of drug-likeness (QED) is 0.596. The lowest BCUT2D eigenvalue weighted by Gasteiger charge is -2.24. The van der Waals surface area contributed by atoms with E-state index in [9.17, 15) is 14.4 Å². The lowest BCUT2D eigenvalue weighted by molar-refractivity contribution is -0.141. The van der Waals surface area contributed by atoms with Crippen LogP contribution in [0.25, 0.3) is 10.2 Å². The predicted molar refractivity (Wildman–Crippen MR) is 110 cm³/mol. The van der Waals surface area contributed by atoms with Gasteiger partial charge < -0.3 is 14.4 Å². The summed E-state index contributed by atoms with van der Waals surface area (Å²) in [5, 5.41) is 0.501. The zero-order valence-corrected chi connectivity index (χ0v) is 17.7. The SMILES string of the molecule is COc1cc2nc(N(CCN(C)C)C(=O)CN3C(=O)CCC3=O)sc2cc1OC. The molecule has 2 aromatic rings. The maximum Gasteiger partial charge on any atom is 0.248 e. The summed E-state index contributed by atoms with van der Waals surface area (Å²) in [5.74, 6) is 0.170. The number of carbonyl (C=O) groups is 3. The Hall–Kier alpha value is -2.72. The van der Waals surface area contributed by atoms with Crippen LogP contribution < -0.4 is 14.4 Å². The van der Waals surface area contributed by atoms with Crippen molar-refractivity contribution in [2.45, 2.75) is 12.8 Å².